The molecule has 0 saturated heterocycles. The van der Waals surface area contributed by atoms with Crippen LogP contribution in [0, 0.1) is 0 Å². The Balaban J connectivity index is 0.000000293. The molecule has 0 aliphatic carbocycles. The molecule has 0 heterocycles. The predicted molar refractivity (Wildman–Crippen MR) is 195 cm³/mol. The van der Waals surface area contributed by atoms with Gasteiger partial charge in [0.05, 0.1) is 0 Å². The maximum atomic E-state index is 2.32. The number of aryl methyl sites for hydroxylation is 4. The topological polar surface area (TPSA) is 0 Å². The van der Waals surface area contributed by atoms with E-state index in [1.165, 1.54) is 98.3 Å². The first-order chi connectivity index (χ1) is 20.7. The molecule has 0 unspecified atom stereocenters. The second-order valence-corrected chi connectivity index (χ2v) is 13.9. The summed E-state index contributed by atoms with van der Waals surface area (Å²) in [6.07, 6.45) is 15.1. The molecule has 0 amide bonds. The molecule has 43 heavy (non-hydrogen) atoms. The van der Waals surface area contributed by atoms with Gasteiger partial charge in [0.15, 0.2) is 0 Å². The molecule has 0 radical (unpaired) electrons. The minimum Gasteiger partial charge on any atom is -0.0654 e. The van der Waals surface area contributed by atoms with Crippen LogP contribution in [-0.4, -0.2) is 0 Å². The summed E-state index contributed by atoms with van der Waals surface area (Å²) in [7, 11) is 1.59. The zero-order valence-corrected chi connectivity index (χ0v) is 30.0. The molecule has 0 fully saturated rings. The summed E-state index contributed by atoms with van der Waals surface area (Å²) in [6, 6.07) is 36.0. The van der Waals surface area contributed by atoms with Crippen LogP contribution in [0.15, 0.2) is 97.1 Å². The first kappa shape index (κ1) is 37.4. The van der Waals surface area contributed by atoms with Crippen molar-refractivity contribution in [1.82, 2.24) is 0 Å². The predicted octanol–water partition coefficient (Wildman–Crippen LogP) is 10.00. The zero-order valence-electron chi connectivity index (χ0n) is 27.0. The largest absolute Gasteiger partial charge is 0.0654 e. The fourth-order valence-electron chi connectivity index (χ4n) is 5.20. The molecule has 0 saturated carbocycles. The van der Waals surface area contributed by atoms with Crippen molar-refractivity contribution < 1.29 is 16.5 Å². The summed E-state index contributed by atoms with van der Waals surface area (Å²) in [5.74, 6) is 0. The maximum absolute atomic E-state index is 2.32. The van der Waals surface area contributed by atoms with Crippen molar-refractivity contribution in [3.8, 4) is 0 Å². The van der Waals surface area contributed by atoms with E-state index in [0.29, 0.717) is 0 Å². The SMILES string of the molecule is CCCCc1ccccc1Pc1ccccc1CCCC.CCCCc1ccccc1Pc1ccccc1CCCC.[Ni]. The molecular formula is C40H54NiP2. The number of hydrogen-bond donors (Lipinski definition) is 0. The first-order valence-corrected chi connectivity index (χ1v) is 18.6. The number of rotatable bonds is 16. The van der Waals surface area contributed by atoms with Gasteiger partial charge in [-0.25, -0.2) is 0 Å². The molecule has 0 aliphatic heterocycles. The van der Waals surface area contributed by atoms with Crippen LogP contribution in [0.5, 0.6) is 0 Å². The van der Waals surface area contributed by atoms with Crippen molar-refractivity contribution in [3.05, 3.63) is 119 Å². The summed E-state index contributed by atoms with van der Waals surface area (Å²) in [5, 5.41) is 6.15. The fraction of sp³-hybridized carbons (Fsp3) is 0.400. The van der Waals surface area contributed by atoms with E-state index in [4.69, 9.17) is 0 Å². The minimum absolute atomic E-state index is 0. The van der Waals surface area contributed by atoms with E-state index in [9.17, 15) is 0 Å². The molecule has 0 N–H and O–H groups in total. The third-order valence-corrected chi connectivity index (χ3v) is 10.8. The van der Waals surface area contributed by atoms with E-state index in [1.807, 2.05) is 0 Å². The maximum Gasteiger partial charge on any atom is 0 e. The number of benzene rings is 4. The van der Waals surface area contributed by atoms with Crippen molar-refractivity contribution in [2.24, 2.45) is 0 Å². The monoisotopic (exact) mass is 654 g/mol. The van der Waals surface area contributed by atoms with Gasteiger partial charge in [-0.1, -0.05) is 168 Å². The van der Waals surface area contributed by atoms with Crippen molar-refractivity contribution >= 4 is 38.4 Å². The van der Waals surface area contributed by atoms with Crippen LogP contribution in [-0.2, 0) is 42.2 Å². The van der Waals surface area contributed by atoms with Crippen LogP contribution in [0.3, 0.4) is 0 Å². The summed E-state index contributed by atoms with van der Waals surface area (Å²) in [5.41, 5.74) is 6.18. The zero-order chi connectivity index (χ0) is 29.8. The fourth-order valence-corrected chi connectivity index (χ4v) is 7.97. The van der Waals surface area contributed by atoms with Crippen LogP contribution in [0.2, 0.25) is 0 Å². The third kappa shape index (κ3) is 13.4. The molecule has 0 atom stereocenters. The smallest absolute Gasteiger partial charge is 0 e. The minimum atomic E-state index is 0. The van der Waals surface area contributed by atoms with Gasteiger partial charge in [0.1, 0.15) is 0 Å². The Morgan fingerprint density at radius 3 is 0.767 bits per heavy atom. The molecule has 0 bridgehead atoms. The Morgan fingerprint density at radius 2 is 0.558 bits per heavy atom. The van der Waals surface area contributed by atoms with E-state index >= 15 is 0 Å². The Labute approximate surface area is 277 Å². The summed E-state index contributed by atoms with van der Waals surface area (Å²) in [6.45, 7) is 9.08. The Morgan fingerprint density at radius 1 is 0.349 bits per heavy atom. The van der Waals surface area contributed by atoms with Crippen LogP contribution in [0.4, 0.5) is 0 Å². The van der Waals surface area contributed by atoms with E-state index in [-0.39, 0.29) is 16.5 Å². The van der Waals surface area contributed by atoms with E-state index in [0.717, 1.165) is 17.2 Å². The average Bonchev–Trinajstić information content (AvgIpc) is 3.03. The van der Waals surface area contributed by atoms with Gasteiger partial charge in [-0.05, 0) is 94.8 Å². The molecule has 4 aromatic carbocycles. The van der Waals surface area contributed by atoms with Gasteiger partial charge in [-0.2, -0.15) is 0 Å². The van der Waals surface area contributed by atoms with Gasteiger partial charge in [-0.15, -0.1) is 0 Å². The average molecular weight is 656 g/mol. The Kier molecular flexibility index (Phi) is 19.8. The van der Waals surface area contributed by atoms with Gasteiger partial charge < -0.3 is 0 Å². The summed E-state index contributed by atoms with van der Waals surface area (Å²) >= 11 is 0. The molecular weight excluding hydrogens is 601 g/mol. The number of unbranched alkanes of at least 4 members (excludes halogenated alkanes) is 4. The van der Waals surface area contributed by atoms with Crippen LogP contribution >= 0.6 is 17.2 Å². The Bertz CT molecular complexity index is 1100. The summed E-state index contributed by atoms with van der Waals surface area (Å²) in [4.78, 5) is 0. The quantitative estimate of drug-likeness (QED) is 0.0833. The normalized spacial score (nSPS) is 10.5. The van der Waals surface area contributed by atoms with Gasteiger partial charge in [0.25, 0.3) is 0 Å². The van der Waals surface area contributed by atoms with Crippen molar-refractivity contribution in [2.75, 3.05) is 0 Å². The van der Waals surface area contributed by atoms with Crippen LogP contribution in [0.1, 0.15) is 101 Å². The van der Waals surface area contributed by atoms with Crippen molar-refractivity contribution in [2.45, 2.75) is 105 Å². The van der Waals surface area contributed by atoms with E-state index in [2.05, 4.69) is 125 Å². The second-order valence-electron chi connectivity index (χ2n) is 11.3. The first-order valence-electron chi connectivity index (χ1n) is 16.6. The molecule has 4 rings (SSSR count). The molecule has 4 aromatic rings. The van der Waals surface area contributed by atoms with Crippen LogP contribution in [0.25, 0.3) is 0 Å². The second kappa shape index (κ2) is 22.7. The standard InChI is InChI=1S/2C20H27P.Ni/c2*1-3-5-11-17-13-7-9-15-19(17)21-20-16-10-8-14-18(20)12-6-4-2;/h2*7-10,13-16,21H,3-6,11-12H2,1-2H3;. The molecule has 0 spiro atoms. The summed E-state index contributed by atoms with van der Waals surface area (Å²) < 4.78 is 0. The van der Waals surface area contributed by atoms with Gasteiger partial charge >= 0.3 is 0 Å². The Hall–Kier alpha value is -1.77. The molecule has 0 aromatic heterocycles. The van der Waals surface area contributed by atoms with Gasteiger partial charge in [-0.3, -0.25) is 0 Å². The van der Waals surface area contributed by atoms with E-state index < -0.39 is 0 Å². The van der Waals surface area contributed by atoms with Crippen molar-refractivity contribution in [1.29, 1.82) is 0 Å². The number of hydrogen-bond acceptors (Lipinski definition) is 0. The molecule has 3 heteroatoms. The molecule has 0 nitrogen and oxygen atoms in total. The van der Waals surface area contributed by atoms with Crippen molar-refractivity contribution in [3.63, 3.8) is 0 Å². The van der Waals surface area contributed by atoms with Gasteiger partial charge in [0.2, 0.25) is 0 Å². The van der Waals surface area contributed by atoms with Crippen LogP contribution < -0.4 is 21.2 Å². The molecule has 0 aliphatic rings. The van der Waals surface area contributed by atoms with E-state index in [1.54, 1.807) is 22.3 Å². The molecule has 234 valence electrons. The van der Waals surface area contributed by atoms with Gasteiger partial charge in [0, 0.05) is 16.5 Å². The third-order valence-electron chi connectivity index (χ3n) is 7.81.